The lowest BCUT2D eigenvalue weighted by molar-refractivity contribution is -0.114. The highest BCUT2D eigenvalue weighted by atomic mass is 16.2. The first-order valence-electron chi connectivity index (χ1n) is 6.58. The number of imidazole rings is 1. The summed E-state index contributed by atoms with van der Waals surface area (Å²) in [7, 11) is 0. The molecule has 20 heavy (non-hydrogen) atoms. The zero-order valence-electron chi connectivity index (χ0n) is 11.5. The third-order valence-electron chi connectivity index (χ3n) is 3.57. The Balaban J connectivity index is 1.99. The van der Waals surface area contributed by atoms with Crippen molar-refractivity contribution < 1.29 is 9.59 Å². The van der Waals surface area contributed by atoms with Crippen molar-refractivity contribution >= 4 is 17.4 Å². The smallest absolute Gasteiger partial charge is 0.299 e. The molecule has 1 aliphatic heterocycles. The minimum atomic E-state index is -0.476. The molecule has 0 radical (unpaired) electrons. The van der Waals surface area contributed by atoms with E-state index in [-0.39, 0.29) is 0 Å². The van der Waals surface area contributed by atoms with Crippen LogP contribution in [0.15, 0.2) is 30.6 Å². The molecule has 0 bridgehead atoms. The quantitative estimate of drug-likeness (QED) is 0.800. The van der Waals surface area contributed by atoms with E-state index < -0.39 is 11.7 Å². The van der Waals surface area contributed by atoms with Crippen LogP contribution in [0.2, 0.25) is 0 Å². The second-order valence-corrected chi connectivity index (χ2v) is 4.87. The highest BCUT2D eigenvalue weighted by Crippen LogP contribution is 2.30. The molecule has 0 saturated heterocycles. The lowest BCUT2D eigenvalue weighted by Crippen LogP contribution is -2.30. The summed E-state index contributed by atoms with van der Waals surface area (Å²) in [5, 5.41) is 0. The van der Waals surface area contributed by atoms with Gasteiger partial charge in [-0.15, -0.1) is 0 Å². The molecule has 3 rings (SSSR count). The largest absolute Gasteiger partial charge is 0.334 e. The molecule has 1 aromatic carbocycles. The van der Waals surface area contributed by atoms with Crippen molar-refractivity contribution in [3.8, 4) is 0 Å². The van der Waals surface area contributed by atoms with Gasteiger partial charge in [0, 0.05) is 18.9 Å². The predicted molar refractivity (Wildman–Crippen MR) is 74.6 cm³/mol. The zero-order chi connectivity index (χ0) is 14.3. The van der Waals surface area contributed by atoms with Gasteiger partial charge in [0.1, 0.15) is 5.82 Å². The molecule has 5 heteroatoms. The number of anilines is 1. The molecule has 102 valence electrons. The maximum absolute atomic E-state index is 12.1. The van der Waals surface area contributed by atoms with Crippen molar-refractivity contribution in [3.05, 3.63) is 47.5 Å². The Kier molecular flexibility index (Phi) is 2.89. The summed E-state index contributed by atoms with van der Waals surface area (Å²) < 4.78 is 1.96. The maximum atomic E-state index is 12.1. The molecular formula is C15H15N3O2. The summed E-state index contributed by atoms with van der Waals surface area (Å²) in [6, 6.07) is 5.50. The molecular weight excluding hydrogens is 254 g/mol. The standard InChI is InChI=1S/C15H15N3O2/c1-3-17-7-6-16-13(17)9-18-12-5-4-10(2)8-11(12)14(19)15(18)20/h4-8H,3,9H2,1-2H3. The van der Waals surface area contributed by atoms with Gasteiger partial charge in [0.2, 0.25) is 0 Å². The van der Waals surface area contributed by atoms with Gasteiger partial charge in [-0.2, -0.15) is 0 Å². The van der Waals surface area contributed by atoms with Gasteiger partial charge in [-0.25, -0.2) is 4.98 Å². The maximum Gasteiger partial charge on any atom is 0.299 e. The third kappa shape index (κ3) is 1.82. The number of fused-ring (bicyclic) bond motifs is 1. The van der Waals surface area contributed by atoms with Crippen molar-refractivity contribution in [2.24, 2.45) is 0 Å². The number of nitrogens with zero attached hydrogens (tertiary/aromatic N) is 3. The van der Waals surface area contributed by atoms with Crippen molar-refractivity contribution in [2.45, 2.75) is 26.9 Å². The van der Waals surface area contributed by atoms with Crippen molar-refractivity contribution in [1.82, 2.24) is 9.55 Å². The van der Waals surface area contributed by atoms with Gasteiger partial charge >= 0.3 is 0 Å². The Hall–Kier alpha value is -2.43. The van der Waals surface area contributed by atoms with E-state index >= 15 is 0 Å². The average Bonchev–Trinajstić information content (AvgIpc) is 2.98. The van der Waals surface area contributed by atoms with Crippen molar-refractivity contribution in [3.63, 3.8) is 0 Å². The normalized spacial score (nSPS) is 14.0. The first-order valence-corrected chi connectivity index (χ1v) is 6.58. The number of rotatable bonds is 3. The number of hydrogen-bond acceptors (Lipinski definition) is 3. The number of benzene rings is 1. The van der Waals surface area contributed by atoms with Gasteiger partial charge in [-0.3, -0.25) is 14.5 Å². The van der Waals surface area contributed by atoms with Gasteiger partial charge in [-0.1, -0.05) is 11.6 Å². The topological polar surface area (TPSA) is 55.2 Å². The SMILES string of the molecule is CCn1ccnc1CN1C(=O)C(=O)c2cc(C)ccc21. The molecule has 0 aliphatic carbocycles. The van der Waals surface area contributed by atoms with E-state index in [2.05, 4.69) is 4.98 Å². The number of ketones is 1. The molecule has 0 fully saturated rings. The van der Waals surface area contributed by atoms with E-state index in [1.165, 1.54) is 4.90 Å². The second-order valence-electron chi connectivity index (χ2n) is 4.87. The van der Waals surface area contributed by atoms with Gasteiger partial charge in [0.15, 0.2) is 0 Å². The third-order valence-corrected chi connectivity index (χ3v) is 3.57. The lowest BCUT2D eigenvalue weighted by Gasteiger charge is -2.16. The molecule has 1 aromatic heterocycles. The van der Waals surface area contributed by atoms with Crippen LogP contribution in [0.4, 0.5) is 5.69 Å². The van der Waals surface area contributed by atoms with Crippen LogP contribution >= 0.6 is 0 Å². The van der Waals surface area contributed by atoms with Gasteiger partial charge in [-0.05, 0) is 26.0 Å². The van der Waals surface area contributed by atoms with Crippen LogP contribution < -0.4 is 4.90 Å². The van der Waals surface area contributed by atoms with E-state index in [9.17, 15) is 9.59 Å². The molecule has 2 heterocycles. The molecule has 1 aliphatic rings. The summed E-state index contributed by atoms with van der Waals surface area (Å²) in [6.07, 6.45) is 3.57. The summed E-state index contributed by atoms with van der Waals surface area (Å²) in [6.45, 7) is 5.03. The Morgan fingerprint density at radius 2 is 2.05 bits per heavy atom. The Morgan fingerprint density at radius 3 is 2.80 bits per heavy atom. The number of aromatic nitrogens is 2. The highest BCUT2D eigenvalue weighted by Gasteiger charge is 2.36. The first kappa shape index (κ1) is 12.6. The van der Waals surface area contributed by atoms with Crippen LogP contribution in [0.5, 0.6) is 0 Å². The van der Waals surface area contributed by atoms with E-state index in [4.69, 9.17) is 0 Å². The molecule has 0 N–H and O–H groups in total. The predicted octanol–water partition coefficient (Wildman–Crippen LogP) is 1.94. The van der Waals surface area contributed by atoms with Crippen LogP contribution in [-0.2, 0) is 17.9 Å². The number of carbonyl (C=O) groups is 2. The zero-order valence-corrected chi connectivity index (χ0v) is 11.5. The Labute approximate surface area is 116 Å². The fourth-order valence-corrected chi connectivity index (χ4v) is 2.49. The number of Topliss-reactive ketones (excluding diaryl/α,β-unsaturated/α-hetero) is 1. The molecule has 0 spiro atoms. The Morgan fingerprint density at radius 1 is 1.25 bits per heavy atom. The minimum Gasteiger partial charge on any atom is -0.334 e. The van der Waals surface area contributed by atoms with Crippen LogP contribution in [0.3, 0.4) is 0 Å². The summed E-state index contributed by atoms with van der Waals surface area (Å²) >= 11 is 0. The minimum absolute atomic E-state index is 0.321. The number of aryl methyl sites for hydroxylation is 2. The van der Waals surface area contributed by atoms with Crippen molar-refractivity contribution in [1.29, 1.82) is 0 Å². The van der Waals surface area contributed by atoms with Gasteiger partial charge < -0.3 is 4.57 Å². The molecule has 0 unspecified atom stereocenters. The fraction of sp³-hybridized carbons (Fsp3) is 0.267. The Bertz CT molecular complexity index is 703. The van der Waals surface area contributed by atoms with Crippen LogP contribution in [0.25, 0.3) is 0 Å². The number of carbonyl (C=O) groups excluding carboxylic acids is 2. The molecule has 5 nitrogen and oxygen atoms in total. The summed E-state index contributed by atoms with van der Waals surface area (Å²) in [5.41, 5.74) is 2.14. The van der Waals surface area contributed by atoms with Crippen LogP contribution in [-0.4, -0.2) is 21.2 Å². The van der Waals surface area contributed by atoms with E-state index in [0.717, 1.165) is 17.9 Å². The second kappa shape index (κ2) is 4.59. The lowest BCUT2D eigenvalue weighted by atomic mass is 10.1. The van der Waals surface area contributed by atoms with E-state index in [0.29, 0.717) is 17.8 Å². The van der Waals surface area contributed by atoms with Gasteiger partial charge in [0.05, 0.1) is 17.8 Å². The molecule has 0 saturated carbocycles. The van der Waals surface area contributed by atoms with Crippen LogP contribution in [0.1, 0.15) is 28.7 Å². The highest BCUT2D eigenvalue weighted by molar-refractivity contribution is 6.52. The van der Waals surface area contributed by atoms with Gasteiger partial charge in [0.25, 0.3) is 11.7 Å². The van der Waals surface area contributed by atoms with E-state index in [1.54, 1.807) is 12.3 Å². The summed E-state index contributed by atoms with van der Waals surface area (Å²) in [4.78, 5) is 29.9. The molecule has 2 aromatic rings. The average molecular weight is 269 g/mol. The van der Waals surface area contributed by atoms with Crippen LogP contribution in [0, 0.1) is 6.92 Å². The molecule has 1 amide bonds. The number of hydrogen-bond donors (Lipinski definition) is 0. The number of amides is 1. The molecule has 0 atom stereocenters. The summed E-state index contributed by atoms with van der Waals surface area (Å²) in [5.74, 6) is -0.128. The van der Waals surface area contributed by atoms with E-state index in [1.807, 2.05) is 36.7 Å². The fourth-order valence-electron chi connectivity index (χ4n) is 2.49. The van der Waals surface area contributed by atoms with Crippen molar-refractivity contribution in [2.75, 3.05) is 4.90 Å². The first-order chi connectivity index (χ1) is 9.61. The monoisotopic (exact) mass is 269 g/mol.